The standard InChI is InChI=1S/C22H19N2/c1-16-9-10-18(19-7-5-12-23-15-19)14-21(16)22-20-8-4-3-6-17(20)11-13-24(22)2/h3-15H,1-2H3/q+1/i3D. The van der Waals surface area contributed by atoms with Gasteiger partial charge in [-0.3, -0.25) is 4.98 Å². The normalized spacial score (nSPS) is 11.5. The monoisotopic (exact) mass is 312 g/mol. The lowest BCUT2D eigenvalue weighted by Gasteiger charge is -2.10. The van der Waals surface area contributed by atoms with Gasteiger partial charge in [-0.25, -0.2) is 4.57 Å². The summed E-state index contributed by atoms with van der Waals surface area (Å²) in [7, 11) is 2.07. The molecule has 0 N–H and O–H groups in total. The number of hydrogen-bond donors (Lipinski definition) is 0. The van der Waals surface area contributed by atoms with Crippen molar-refractivity contribution in [2.45, 2.75) is 6.92 Å². The van der Waals surface area contributed by atoms with Gasteiger partial charge in [-0.15, -0.1) is 0 Å². The molecule has 24 heavy (non-hydrogen) atoms. The van der Waals surface area contributed by atoms with Gasteiger partial charge < -0.3 is 0 Å². The number of fused-ring (bicyclic) bond motifs is 1. The predicted molar refractivity (Wildman–Crippen MR) is 98.5 cm³/mol. The Morgan fingerprint density at radius 3 is 2.75 bits per heavy atom. The van der Waals surface area contributed by atoms with Crippen LogP contribution in [0.25, 0.3) is 33.2 Å². The van der Waals surface area contributed by atoms with Crippen LogP contribution in [0.2, 0.25) is 0 Å². The summed E-state index contributed by atoms with van der Waals surface area (Å²) in [5.74, 6) is 0. The highest BCUT2D eigenvalue weighted by Gasteiger charge is 2.17. The van der Waals surface area contributed by atoms with E-state index in [1.54, 1.807) is 6.20 Å². The molecule has 0 fully saturated rings. The molecule has 0 unspecified atom stereocenters. The number of benzene rings is 2. The van der Waals surface area contributed by atoms with Crippen molar-refractivity contribution in [3.8, 4) is 22.4 Å². The SMILES string of the molecule is [2H]c1ccc2c(-c3cc(-c4cccnc4)ccc3C)[n+](C)ccc2c1. The van der Waals surface area contributed by atoms with Gasteiger partial charge in [0.25, 0.3) is 0 Å². The molecule has 0 bridgehead atoms. The van der Waals surface area contributed by atoms with E-state index >= 15 is 0 Å². The van der Waals surface area contributed by atoms with E-state index < -0.39 is 0 Å². The molecule has 0 amide bonds. The zero-order chi connectivity index (χ0) is 17.4. The van der Waals surface area contributed by atoms with Crippen molar-refractivity contribution in [1.29, 1.82) is 0 Å². The van der Waals surface area contributed by atoms with Crippen molar-refractivity contribution < 1.29 is 5.94 Å². The maximum absolute atomic E-state index is 7.88. The van der Waals surface area contributed by atoms with E-state index in [2.05, 4.69) is 60.1 Å². The minimum absolute atomic E-state index is 0.535. The van der Waals surface area contributed by atoms with Crippen LogP contribution in [0, 0.1) is 6.92 Å². The summed E-state index contributed by atoms with van der Waals surface area (Å²) in [6.45, 7) is 2.14. The van der Waals surface area contributed by atoms with Crippen LogP contribution in [-0.4, -0.2) is 4.98 Å². The maximum atomic E-state index is 7.88. The molecule has 0 saturated heterocycles. The Balaban J connectivity index is 1.99. The molecule has 0 spiro atoms. The van der Waals surface area contributed by atoms with Gasteiger partial charge in [-0.1, -0.05) is 36.4 Å². The topological polar surface area (TPSA) is 16.8 Å². The molecule has 2 nitrogen and oxygen atoms in total. The second-order valence-corrected chi connectivity index (χ2v) is 6.06. The van der Waals surface area contributed by atoms with E-state index in [9.17, 15) is 0 Å². The van der Waals surface area contributed by atoms with Crippen LogP contribution < -0.4 is 4.57 Å². The first-order valence-electron chi connectivity index (χ1n) is 8.54. The van der Waals surface area contributed by atoms with Gasteiger partial charge in [0.15, 0.2) is 6.20 Å². The third-order valence-corrected chi connectivity index (χ3v) is 4.47. The Morgan fingerprint density at radius 2 is 1.92 bits per heavy atom. The fraction of sp³-hybridized carbons (Fsp3) is 0.0909. The lowest BCUT2D eigenvalue weighted by molar-refractivity contribution is -0.659. The molecular weight excluding hydrogens is 292 g/mol. The van der Waals surface area contributed by atoms with Gasteiger partial charge in [-0.05, 0) is 41.6 Å². The highest BCUT2D eigenvalue weighted by atomic mass is 14.9. The molecule has 0 radical (unpaired) electrons. The quantitative estimate of drug-likeness (QED) is 0.490. The van der Waals surface area contributed by atoms with Gasteiger partial charge in [-0.2, -0.15) is 0 Å². The van der Waals surface area contributed by atoms with E-state index in [4.69, 9.17) is 1.37 Å². The summed E-state index contributed by atoms with van der Waals surface area (Å²) in [6.07, 6.45) is 5.75. The number of aromatic nitrogens is 2. The molecule has 2 heterocycles. The minimum atomic E-state index is 0.535. The first kappa shape index (κ1) is 13.4. The van der Waals surface area contributed by atoms with Crippen LogP contribution in [0.5, 0.6) is 0 Å². The number of rotatable bonds is 2. The van der Waals surface area contributed by atoms with Crippen molar-refractivity contribution in [2.24, 2.45) is 7.05 Å². The van der Waals surface area contributed by atoms with Crippen molar-refractivity contribution in [3.63, 3.8) is 0 Å². The number of nitrogens with zero attached hydrogens (tertiary/aromatic N) is 2. The van der Waals surface area contributed by atoms with Crippen molar-refractivity contribution in [2.75, 3.05) is 0 Å². The van der Waals surface area contributed by atoms with Gasteiger partial charge in [0, 0.05) is 24.0 Å². The first-order valence-corrected chi connectivity index (χ1v) is 8.04. The molecule has 2 aromatic heterocycles. The Morgan fingerprint density at radius 1 is 1.00 bits per heavy atom. The fourth-order valence-corrected chi connectivity index (χ4v) is 3.18. The summed E-state index contributed by atoms with van der Waals surface area (Å²) in [5, 5.41) is 2.25. The summed E-state index contributed by atoms with van der Waals surface area (Å²) in [5.41, 5.74) is 5.86. The molecule has 0 saturated carbocycles. The van der Waals surface area contributed by atoms with E-state index in [-0.39, 0.29) is 0 Å². The Hall–Kier alpha value is -3.00. The van der Waals surface area contributed by atoms with E-state index in [0.29, 0.717) is 6.04 Å². The molecule has 2 heteroatoms. The largest absolute Gasteiger partial charge is 0.264 e. The lowest BCUT2D eigenvalue weighted by Crippen LogP contribution is -2.30. The van der Waals surface area contributed by atoms with Crippen LogP contribution in [-0.2, 0) is 7.05 Å². The molecule has 2 aromatic carbocycles. The average molecular weight is 312 g/mol. The summed E-state index contributed by atoms with van der Waals surface area (Å²) < 4.78 is 10.0. The smallest absolute Gasteiger partial charge is 0.220 e. The molecule has 116 valence electrons. The average Bonchev–Trinajstić information content (AvgIpc) is 2.63. The van der Waals surface area contributed by atoms with E-state index in [1.165, 1.54) is 16.8 Å². The van der Waals surface area contributed by atoms with Crippen LogP contribution >= 0.6 is 0 Å². The summed E-state index contributed by atoms with van der Waals surface area (Å²) in [6, 6.07) is 19.0. The highest BCUT2D eigenvalue weighted by Crippen LogP contribution is 2.31. The molecule has 0 aliphatic heterocycles. The number of aryl methyl sites for hydroxylation is 2. The molecular formula is C22H19N2+. The number of pyridine rings is 2. The van der Waals surface area contributed by atoms with Crippen LogP contribution in [0.1, 0.15) is 6.93 Å². The third kappa shape index (κ3) is 2.46. The van der Waals surface area contributed by atoms with Crippen molar-refractivity contribution in [3.05, 3.63) is 84.8 Å². The first-order chi connectivity index (χ1) is 12.1. The highest BCUT2D eigenvalue weighted by molar-refractivity contribution is 5.94. The molecule has 4 aromatic rings. The predicted octanol–water partition coefficient (Wildman–Crippen LogP) is 4.70. The maximum Gasteiger partial charge on any atom is 0.220 e. The van der Waals surface area contributed by atoms with E-state index in [1.807, 2.05) is 30.5 Å². The zero-order valence-electron chi connectivity index (χ0n) is 14.8. The van der Waals surface area contributed by atoms with Crippen molar-refractivity contribution in [1.82, 2.24) is 4.98 Å². The van der Waals surface area contributed by atoms with E-state index in [0.717, 1.165) is 21.9 Å². The fourth-order valence-electron chi connectivity index (χ4n) is 3.18. The second-order valence-electron chi connectivity index (χ2n) is 6.06. The minimum Gasteiger partial charge on any atom is -0.264 e. The second kappa shape index (κ2) is 5.89. The molecule has 0 aliphatic rings. The molecule has 4 rings (SSSR count). The van der Waals surface area contributed by atoms with Gasteiger partial charge in [0.2, 0.25) is 5.69 Å². The molecule has 0 atom stereocenters. The van der Waals surface area contributed by atoms with Crippen molar-refractivity contribution >= 4 is 10.8 Å². The third-order valence-electron chi connectivity index (χ3n) is 4.47. The molecule has 0 aliphatic carbocycles. The van der Waals surface area contributed by atoms with Crippen LogP contribution in [0.3, 0.4) is 0 Å². The lowest BCUT2D eigenvalue weighted by atomic mass is 9.95. The summed E-state index contributed by atoms with van der Waals surface area (Å²) >= 11 is 0. The number of hydrogen-bond acceptors (Lipinski definition) is 1. The summed E-state index contributed by atoms with van der Waals surface area (Å²) in [4.78, 5) is 4.24. The van der Waals surface area contributed by atoms with Crippen LogP contribution in [0.4, 0.5) is 0 Å². The zero-order valence-corrected chi connectivity index (χ0v) is 13.8. The Kier molecular flexibility index (Phi) is 3.30. The Bertz CT molecular complexity index is 1070. The van der Waals surface area contributed by atoms with Gasteiger partial charge >= 0.3 is 0 Å². The van der Waals surface area contributed by atoms with Gasteiger partial charge in [0.05, 0.1) is 12.3 Å². The van der Waals surface area contributed by atoms with Gasteiger partial charge in [0.1, 0.15) is 7.05 Å². The van der Waals surface area contributed by atoms with Crippen LogP contribution in [0.15, 0.2) is 79.2 Å². The Labute approximate surface area is 143 Å².